The Morgan fingerprint density at radius 2 is 2.32 bits per heavy atom. The summed E-state index contributed by atoms with van der Waals surface area (Å²) in [6.45, 7) is 7.81. The number of nitrogens with zero attached hydrogens (tertiary/aromatic N) is 1. The summed E-state index contributed by atoms with van der Waals surface area (Å²) in [4.78, 5) is 13.8. The van der Waals surface area contributed by atoms with Gasteiger partial charge in [0.15, 0.2) is 0 Å². The Bertz CT molecular complexity index is 280. The molecular weight excluding hydrogens is 244 g/mol. The molecule has 0 aromatic heterocycles. The van der Waals surface area contributed by atoms with Crippen molar-refractivity contribution in [2.24, 2.45) is 0 Å². The first-order valence-corrected chi connectivity index (χ1v) is 7.30. The third-order valence-corrected chi connectivity index (χ3v) is 4.11. The summed E-state index contributed by atoms with van der Waals surface area (Å²) < 4.78 is 5.61. The zero-order valence-corrected chi connectivity index (χ0v) is 12.4. The minimum Gasteiger partial charge on any atom is -0.480 e. The monoisotopic (exact) mass is 272 g/mol. The Balaban J connectivity index is 2.41. The highest BCUT2D eigenvalue weighted by Gasteiger charge is 2.34. The van der Waals surface area contributed by atoms with E-state index in [1.165, 1.54) is 0 Å². The largest absolute Gasteiger partial charge is 0.480 e. The summed E-state index contributed by atoms with van der Waals surface area (Å²) >= 11 is 0. The van der Waals surface area contributed by atoms with E-state index in [1.807, 2.05) is 6.92 Å². The number of rotatable bonds is 7. The van der Waals surface area contributed by atoms with Crippen LogP contribution in [0.2, 0.25) is 0 Å². The van der Waals surface area contributed by atoms with Gasteiger partial charge in [-0.15, -0.1) is 0 Å². The van der Waals surface area contributed by atoms with Gasteiger partial charge in [-0.25, -0.2) is 0 Å². The lowest BCUT2D eigenvalue weighted by Gasteiger charge is -2.29. The lowest BCUT2D eigenvalue weighted by Crippen LogP contribution is -2.50. The van der Waals surface area contributed by atoms with Crippen LogP contribution in [0, 0.1) is 0 Å². The second-order valence-corrected chi connectivity index (χ2v) is 5.43. The molecule has 0 aromatic rings. The van der Waals surface area contributed by atoms with E-state index in [4.69, 9.17) is 4.74 Å². The lowest BCUT2D eigenvalue weighted by atomic mass is 9.90. The molecule has 0 radical (unpaired) electrons. The van der Waals surface area contributed by atoms with Crippen LogP contribution < -0.4 is 5.32 Å². The quantitative estimate of drug-likeness (QED) is 0.732. The molecule has 1 fully saturated rings. The molecule has 2 atom stereocenters. The number of carboxylic acid groups (broad SMARTS) is 1. The molecule has 0 aromatic carbocycles. The molecule has 5 heteroatoms. The molecule has 2 N–H and O–H groups in total. The van der Waals surface area contributed by atoms with Crippen molar-refractivity contribution >= 4 is 5.97 Å². The molecular formula is C14H28N2O3. The molecule has 2 unspecified atom stereocenters. The molecule has 0 saturated carbocycles. The van der Waals surface area contributed by atoms with Gasteiger partial charge in [0.05, 0.1) is 6.10 Å². The van der Waals surface area contributed by atoms with Crippen LogP contribution in [-0.4, -0.2) is 60.9 Å². The topological polar surface area (TPSA) is 61.8 Å². The van der Waals surface area contributed by atoms with E-state index in [-0.39, 0.29) is 6.10 Å². The highest BCUT2D eigenvalue weighted by Crippen LogP contribution is 2.18. The fourth-order valence-corrected chi connectivity index (χ4v) is 2.73. The van der Waals surface area contributed by atoms with Gasteiger partial charge in [0, 0.05) is 19.7 Å². The van der Waals surface area contributed by atoms with Crippen LogP contribution >= 0.6 is 0 Å². The fourth-order valence-electron chi connectivity index (χ4n) is 2.73. The molecule has 1 rings (SSSR count). The predicted octanol–water partition coefficient (Wildman–Crippen LogP) is 1.33. The van der Waals surface area contributed by atoms with E-state index < -0.39 is 11.5 Å². The summed E-state index contributed by atoms with van der Waals surface area (Å²) in [6, 6.07) is 0. The molecule has 0 spiro atoms. The van der Waals surface area contributed by atoms with Crippen LogP contribution in [0.1, 0.15) is 39.5 Å². The van der Waals surface area contributed by atoms with Gasteiger partial charge in [0.2, 0.25) is 0 Å². The Morgan fingerprint density at radius 1 is 1.58 bits per heavy atom. The van der Waals surface area contributed by atoms with Crippen molar-refractivity contribution in [3.8, 4) is 0 Å². The van der Waals surface area contributed by atoms with Crippen molar-refractivity contribution in [1.82, 2.24) is 10.2 Å². The Hall–Kier alpha value is -0.650. The summed E-state index contributed by atoms with van der Waals surface area (Å²) in [6.07, 6.45) is 3.52. The number of carboxylic acids is 1. The van der Waals surface area contributed by atoms with E-state index in [0.29, 0.717) is 12.8 Å². The van der Waals surface area contributed by atoms with Crippen LogP contribution in [0.3, 0.4) is 0 Å². The molecule has 5 nitrogen and oxygen atoms in total. The number of likely N-dealkylation sites (N-methyl/N-ethyl adjacent to an activating group) is 1. The highest BCUT2D eigenvalue weighted by molar-refractivity contribution is 5.78. The van der Waals surface area contributed by atoms with E-state index in [1.54, 1.807) is 7.05 Å². The van der Waals surface area contributed by atoms with Crippen molar-refractivity contribution in [3.63, 3.8) is 0 Å². The first-order valence-electron chi connectivity index (χ1n) is 7.30. The third-order valence-electron chi connectivity index (χ3n) is 4.11. The zero-order valence-electron chi connectivity index (χ0n) is 12.4. The van der Waals surface area contributed by atoms with Crippen molar-refractivity contribution in [2.75, 3.05) is 33.3 Å². The minimum atomic E-state index is -0.770. The van der Waals surface area contributed by atoms with Crippen molar-refractivity contribution in [1.29, 1.82) is 0 Å². The maximum absolute atomic E-state index is 11.4. The Labute approximate surface area is 116 Å². The van der Waals surface area contributed by atoms with Crippen LogP contribution in [-0.2, 0) is 9.53 Å². The SMILES string of the molecule is CCC(CCCN1CCCOC(C)C1)(NC)C(=O)O. The van der Waals surface area contributed by atoms with Crippen molar-refractivity contribution in [2.45, 2.75) is 51.2 Å². The number of hydrogen-bond donors (Lipinski definition) is 2. The van der Waals surface area contributed by atoms with Crippen LogP contribution in [0.15, 0.2) is 0 Å². The van der Waals surface area contributed by atoms with Gasteiger partial charge in [-0.05, 0) is 46.2 Å². The summed E-state index contributed by atoms with van der Waals surface area (Å²) in [5.74, 6) is -0.745. The minimum absolute atomic E-state index is 0.280. The second-order valence-electron chi connectivity index (χ2n) is 5.43. The lowest BCUT2D eigenvalue weighted by molar-refractivity contribution is -0.145. The average Bonchev–Trinajstić information content (AvgIpc) is 2.59. The van der Waals surface area contributed by atoms with Gasteiger partial charge in [0.25, 0.3) is 0 Å². The smallest absolute Gasteiger partial charge is 0.323 e. The van der Waals surface area contributed by atoms with Crippen LogP contribution in [0.5, 0.6) is 0 Å². The van der Waals surface area contributed by atoms with Gasteiger partial charge < -0.3 is 20.1 Å². The fraction of sp³-hybridized carbons (Fsp3) is 0.929. The molecule has 112 valence electrons. The summed E-state index contributed by atoms with van der Waals surface area (Å²) in [7, 11) is 1.74. The van der Waals surface area contributed by atoms with E-state index in [2.05, 4.69) is 17.1 Å². The average molecular weight is 272 g/mol. The number of carbonyl (C=O) groups is 1. The van der Waals surface area contributed by atoms with Crippen LogP contribution in [0.4, 0.5) is 0 Å². The molecule has 19 heavy (non-hydrogen) atoms. The maximum Gasteiger partial charge on any atom is 0.323 e. The third kappa shape index (κ3) is 4.75. The van der Waals surface area contributed by atoms with Gasteiger partial charge in [-0.3, -0.25) is 4.79 Å². The Kier molecular flexibility index (Phi) is 6.75. The van der Waals surface area contributed by atoms with E-state index >= 15 is 0 Å². The second kappa shape index (κ2) is 7.82. The summed E-state index contributed by atoms with van der Waals surface area (Å²) in [5.41, 5.74) is -0.770. The molecule has 1 saturated heterocycles. The van der Waals surface area contributed by atoms with Crippen LogP contribution in [0.25, 0.3) is 0 Å². The molecule has 1 aliphatic rings. The standard InChI is InChI=1S/C14H28N2O3/c1-4-14(15-3,13(17)18)7-5-8-16-9-6-10-19-12(2)11-16/h12,15H,4-11H2,1-3H3,(H,17,18). The normalized spacial score (nSPS) is 24.7. The van der Waals surface area contributed by atoms with E-state index in [9.17, 15) is 9.90 Å². The molecule has 1 aliphatic heterocycles. The van der Waals surface area contributed by atoms with Gasteiger partial charge in [-0.1, -0.05) is 6.92 Å². The predicted molar refractivity (Wildman–Crippen MR) is 75.4 cm³/mol. The van der Waals surface area contributed by atoms with E-state index in [0.717, 1.165) is 39.1 Å². The van der Waals surface area contributed by atoms with Gasteiger partial charge >= 0.3 is 5.97 Å². The molecule has 0 bridgehead atoms. The maximum atomic E-state index is 11.4. The first-order chi connectivity index (χ1) is 9.04. The number of hydrogen-bond acceptors (Lipinski definition) is 4. The summed E-state index contributed by atoms with van der Waals surface area (Å²) in [5, 5.41) is 12.3. The number of nitrogens with one attached hydrogen (secondary N) is 1. The molecule has 0 aliphatic carbocycles. The Morgan fingerprint density at radius 3 is 2.89 bits per heavy atom. The highest BCUT2D eigenvalue weighted by atomic mass is 16.5. The first kappa shape index (κ1) is 16.4. The molecule has 0 amide bonds. The van der Waals surface area contributed by atoms with Gasteiger partial charge in [-0.2, -0.15) is 0 Å². The van der Waals surface area contributed by atoms with Gasteiger partial charge in [0.1, 0.15) is 5.54 Å². The number of ether oxygens (including phenoxy) is 1. The molecule has 1 heterocycles. The van der Waals surface area contributed by atoms with Crippen molar-refractivity contribution in [3.05, 3.63) is 0 Å². The van der Waals surface area contributed by atoms with Crippen molar-refractivity contribution < 1.29 is 14.6 Å². The number of aliphatic carboxylic acids is 1. The zero-order chi connectivity index (χ0) is 14.3.